The van der Waals surface area contributed by atoms with Gasteiger partial charge in [0.1, 0.15) is 5.75 Å². The van der Waals surface area contributed by atoms with Crippen LogP contribution in [0, 0.1) is 6.92 Å². The van der Waals surface area contributed by atoms with Crippen LogP contribution in [0.25, 0.3) is 0 Å². The van der Waals surface area contributed by atoms with E-state index in [2.05, 4.69) is 41.6 Å². The summed E-state index contributed by atoms with van der Waals surface area (Å²) in [5.74, 6) is 2.20. The number of hydrogen-bond acceptors (Lipinski definition) is 3. The third-order valence-electron chi connectivity index (χ3n) is 5.23. The molecule has 2 N–H and O–H groups in total. The molecule has 7 heteroatoms. The van der Waals surface area contributed by atoms with Gasteiger partial charge in [0.15, 0.2) is 5.96 Å². The average Bonchev–Trinajstić information content (AvgIpc) is 2.75. The lowest BCUT2D eigenvalue weighted by atomic mass is 9.98. The summed E-state index contributed by atoms with van der Waals surface area (Å²) in [6.07, 6.45) is 2.90. The van der Waals surface area contributed by atoms with E-state index in [0.29, 0.717) is 5.92 Å². The summed E-state index contributed by atoms with van der Waals surface area (Å²) in [6.45, 7) is 9.45. The Kier molecular flexibility index (Phi) is 13.0. The zero-order valence-electron chi connectivity index (χ0n) is 19.2. The Bertz CT molecular complexity index is 849. The highest BCUT2D eigenvalue weighted by Gasteiger charge is 2.06. The van der Waals surface area contributed by atoms with Crippen LogP contribution in [0.1, 0.15) is 50.3 Å². The standard InChI is InChI=1S/C24H36N4O2.HI/c1-5-25-24(26-16-6-7-18-28-20(3)9-8-10-23(28)29)27-17-15-19(2)21-11-13-22(30-4)14-12-21;/h8-14,19H,5-7,15-18H2,1-4H3,(H2,25,26,27);1H. The number of ether oxygens (including phenoxy) is 1. The molecule has 0 saturated heterocycles. The third kappa shape index (κ3) is 9.33. The van der Waals surface area contributed by atoms with Gasteiger partial charge in [0, 0.05) is 37.9 Å². The molecule has 0 radical (unpaired) electrons. The number of guanidine groups is 1. The van der Waals surface area contributed by atoms with E-state index in [0.717, 1.165) is 62.8 Å². The van der Waals surface area contributed by atoms with Crippen LogP contribution in [0.15, 0.2) is 52.3 Å². The van der Waals surface area contributed by atoms with Crippen molar-refractivity contribution in [3.05, 3.63) is 64.1 Å². The number of pyridine rings is 1. The van der Waals surface area contributed by atoms with Gasteiger partial charge in [-0.3, -0.25) is 9.79 Å². The van der Waals surface area contributed by atoms with Gasteiger partial charge in [-0.1, -0.05) is 25.1 Å². The van der Waals surface area contributed by atoms with Crippen LogP contribution in [0.5, 0.6) is 5.75 Å². The SMILES string of the molecule is CCNC(=NCCCCn1c(C)cccc1=O)NCCC(C)c1ccc(OC)cc1.I. The Balaban J connectivity index is 0.00000480. The molecule has 0 spiro atoms. The second-order valence-corrected chi connectivity index (χ2v) is 7.51. The van der Waals surface area contributed by atoms with E-state index in [1.165, 1.54) is 5.56 Å². The lowest BCUT2D eigenvalue weighted by molar-refractivity contribution is 0.414. The molecule has 0 aliphatic carbocycles. The first-order chi connectivity index (χ1) is 14.5. The van der Waals surface area contributed by atoms with Gasteiger partial charge in [-0.15, -0.1) is 24.0 Å². The molecule has 1 heterocycles. The van der Waals surface area contributed by atoms with Gasteiger partial charge in [0.2, 0.25) is 0 Å². The fourth-order valence-corrected chi connectivity index (χ4v) is 3.33. The third-order valence-corrected chi connectivity index (χ3v) is 5.23. The van der Waals surface area contributed by atoms with Crippen LogP contribution in [-0.4, -0.2) is 37.3 Å². The van der Waals surface area contributed by atoms with Gasteiger partial charge < -0.3 is 19.9 Å². The van der Waals surface area contributed by atoms with Crippen molar-refractivity contribution in [2.24, 2.45) is 4.99 Å². The normalized spacial score (nSPS) is 12.1. The maximum Gasteiger partial charge on any atom is 0.250 e. The molecule has 0 saturated carbocycles. The van der Waals surface area contributed by atoms with Gasteiger partial charge >= 0.3 is 0 Å². The summed E-state index contributed by atoms with van der Waals surface area (Å²) in [5.41, 5.74) is 2.39. The largest absolute Gasteiger partial charge is 0.497 e. The van der Waals surface area contributed by atoms with E-state index in [9.17, 15) is 4.79 Å². The van der Waals surface area contributed by atoms with Crippen LogP contribution in [0.4, 0.5) is 0 Å². The minimum atomic E-state index is 0. The summed E-state index contributed by atoms with van der Waals surface area (Å²) in [4.78, 5) is 16.6. The summed E-state index contributed by atoms with van der Waals surface area (Å²) in [6, 6.07) is 13.7. The Morgan fingerprint density at radius 2 is 1.87 bits per heavy atom. The van der Waals surface area contributed by atoms with Gasteiger partial charge in [0.25, 0.3) is 5.56 Å². The smallest absolute Gasteiger partial charge is 0.250 e. The Morgan fingerprint density at radius 3 is 2.52 bits per heavy atom. The first-order valence-corrected chi connectivity index (χ1v) is 10.9. The number of aromatic nitrogens is 1. The summed E-state index contributed by atoms with van der Waals surface area (Å²) in [7, 11) is 1.69. The zero-order chi connectivity index (χ0) is 21.8. The average molecular weight is 540 g/mol. The number of aliphatic imine (C=N–C) groups is 1. The van der Waals surface area contributed by atoms with Gasteiger partial charge in [0.05, 0.1) is 7.11 Å². The number of hydrogen-bond donors (Lipinski definition) is 2. The second kappa shape index (κ2) is 14.9. The van der Waals surface area contributed by atoms with E-state index < -0.39 is 0 Å². The molecule has 0 aliphatic heterocycles. The lowest BCUT2D eigenvalue weighted by Gasteiger charge is -2.15. The quantitative estimate of drug-likeness (QED) is 0.193. The minimum absolute atomic E-state index is 0. The first kappa shape index (κ1) is 27.0. The fourth-order valence-electron chi connectivity index (χ4n) is 3.33. The zero-order valence-corrected chi connectivity index (χ0v) is 21.5. The van der Waals surface area contributed by atoms with Crippen molar-refractivity contribution in [2.75, 3.05) is 26.7 Å². The van der Waals surface area contributed by atoms with Gasteiger partial charge in [-0.25, -0.2) is 0 Å². The second-order valence-electron chi connectivity index (χ2n) is 7.51. The molecular formula is C24H37IN4O2. The fraction of sp³-hybridized carbons (Fsp3) is 0.500. The monoisotopic (exact) mass is 540 g/mol. The number of unbranched alkanes of at least 4 members (excludes halogenated alkanes) is 1. The molecule has 31 heavy (non-hydrogen) atoms. The van der Waals surface area contributed by atoms with E-state index in [1.54, 1.807) is 13.2 Å². The van der Waals surface area contributed by atoms with E-state index >= 15 is 0 Å². The van der Waals surface area contributed by atoms with Crippen LogP contribution in [0.3, 0.4) is 0 Å². The predicted octanol–water partition coefficient (Wildman–Crippen LogP) is 4.31. The molecule has 2 rings (SSSR count). The Labute approximate surface area is 203 Å². The number of halogens is 1. The van der Waals surface area contributed by atoms with Crippen molar-refractivity contribution in [1.29, 1.82) is 0 Å². The molecule has 6 nitrogen and oxygen atoms in total. The molecule has 1 aromatic heterocycles. The van der Waals surface area contributed by atoms with Crippen LogP contribution >= 0.6 is 24.0 Å². The van der Waals surface area contributed by atoms with Gasteiger partial charge in [-0.2, -0.15) is 0 Å². The molecular weight excluding hydrogens is 503 g/mol. The maximum atomic E-state index is 11.9. The molecule has 1 unspecified atom stereocenters. The lowest BCUT2D eigenvalue weighted by Crippen LogP contribution is -2.38. The van der Waals surface area contributed by atoms with E-state index in [-0.39, 0.29) is 29.5 Å². The number of aryl methyl sites for hydroxylation is 1. The summed E-state index contributed by atoms with van der Waals surface area (Å²) < 4.78 is 7.05. The van der Waals surface area contributed by atoms with Crippen molar-refractivity contribution < 1.29 is 4.74 Å². The molecule has 0 amide bonds. The Morgan fingerprint density at radius 1 is 1.13 bits per heavy atom. The number of rotatable bonds is 11. The topological polar surface area (TPSA) is 67.7 Å². The molecule has 0 aliphatic rings. The Hall–Kier alpha value is -2.03. The molecule has 0 fully saturated rings. The van der Waals surface area contributed by atoms with Gasteiger partial charge in [-0.05, 0) is 62.8 Å². The molecule has 172 valence electrons. The van der Waals surface area contributed by atoms with Crippen LogP contribution in [0.2, 0.25) is 0 Å². The molecule has 2 aromatic rings. The minimum Gasteiger partial charge on any atom is -0.497 e. The van der Waals surface area contributed by atoms with Crippen molar-refractivity contribution in [3.8, 4) is 5.75 Å². The molecule has 1 atom stereocenters. The number of nitrogens with zero attached hydrogens (tertiary/aromatic N) is 2. The first-order valence-electron chi connectivity index (χ1n) is 10.9. The number of nitrogens with one attached hydrogen (secondary N) is 2. The van der Waals surface area contributed by atoms with Crippen molar-refractivity contribution in [1.82, 2.24) is 15.2 Å². The van der Waals surface area contributed by atoms with Crippen molar-refractivity contribution in [2.45, 2.75) is 52.5 Å². The summed E-state index contributed by atoms with van der Waals surface area (Å²) in [5, 5.41) is 6.73. The number of benzene rings is 1. The molecule has 0 bridgehead atoms. The maximum absolute atomic E-state index is 11.9. The van der Waals surface area contributed by atoms with E-state index in [1.807, 2.05) is 35.8 Å². The highest BCUT2D eigenvalue weighted by atomic mass is 127. The highest BCUT2D eigenvalue weighted by molar-refractivity contribution is 14.0. The predicted molar refractivity (Wildman–Crippen MR) is 140 cm³/mol. The van der Waals surface area contributed by atoms with Crippen LogP contribution in [-0.2, 0) is 6.54 Å². The van der Waals surface area contributed by atoms with Crippen molar-refractivity contribution >= 4 is 29.9 Å². The number of methoxy groups -OCH3 is 1. The van der Waals surface area contributed by atoms with E-state index in [4.69, 9.17) is 4.74 Å². The van der Waals surface area contributed by atoms with Crippen LogP contribution < -0.4 is 20.9 Å². The summed E-state index contributed by atoms with van der Waals surface area (Å²) >= 11 is 0. The highest BCUT2D eigenvalue weighted by Crippen LogP contribution is 2.21. The molecule has 1 aromatic carbocycles. The van der Waals surface area contributed by atoms with Crippen molar-refractivity contribution in [3.63, 3.8) is 0 Å².